The number of ether oxygens (including phenoxy) is 3. The van der Waals surface area contributed by atoms with Gasteiger partial charge in [-0.1, -0.05) is 12.1 Å². The van der Waals surface area contributed by atoms with Gasteiger partial charge in [0, 0.05) is 12.3 Å². The molecule has 1 saturated heterocycles. The Hall–Kier alpha value is -2.54. The van der Waals surface area contributed by atoms with Crippen LogP contribution >= 0.6 is 0 Å². The Labute approximate surface area is 152 Å². The van der Waals surface area contributed by atoms with Crippen molar-refractivity contribution in [2.75, 3.05) is 19.8 Å². The number of nitrogens with one attached hydrogen (secondary N) is 2. The zero-order valence-electron chi connectivity index (χ0n) is 15.0. The van der Waals surface area contributed by atoms with Gasteiger partial charge in [0.15, 0.2) is 0 Å². The van der Waals surface area contributed by atoms with E-state index < -0.39 is 12.0 Å². The Balaban J connectivity index is 1.81. The van der Waals surface area contributed by atoms with Crippen molar-refractivity contribution in [3.63, 3.8) is 0 Å². The van der Waals surface area contributed by atoms with Gasteiger partial charge in [0.1, 0.15) is 12.4 Å². The van der Waals surface area contributed by atoms with Gasteiger partial charge in [0.2, 0.25) is 0 Å². The molecule has 140 valence electrons. The molecule has 7 nitrogen and oxygen atoms in total. The highest BCUT2D eigenvalue weighted by atomic mass is 16.6. The molecule has 0 bridgehead atoms. The van der Waals surface area contributed by atoms with Gasteiger partial charge in [-0.3, -0.25) is 0 Å². The fraction of sp³-hybridized carbons (Fsp3) is 0.474. The van der Waals surface area contributed by atoms with E-state index in [9.17, 15) is 9.59 Å². The van der Waals surface area contributed by atoms with E-state index in [4.69, 9.17) is 14.2 Å². The average molecular weight is 360 g/mol. The Morgan fingerprint density at radius 2 is 2.23 bits per heavy atom. The van der Waals surface area contributed by atoms with Crippen molar-refractivity contribution in [3.8, 4) is 5.75 Å². The molecule has 2 aliphatic rings. The highest BCUT2D eigenvalue weighted by Crippen LogP contribution is 2.30. The largest absolute Gasteiger partial charge is 0.494 e. The van der Waals surface area contributed by atoms with Crippen LogP contribution in [-0.4, -0.2) is 37.9 Å². The summed E-state index contributed by atoms with van der Waals surface area (Å²) < 4.78 is 16.5. The van der Waals surface area contributed by atoms with Gasteiger partial charge in [-0.25, -0.2) is 9.59 Å². The van der Waals surface area contributed by atoms with Gasteiger partial charge in [-0.05, 0) is 44.4 Å². The summed E-state index contributed by atoms with van der Waals surface area (Å²) in [6.45, 7) is 5.05. The first-order valence-electron chi connectivity index (χ1n) is 8.88. The summed E-state index contributed by atoms with van der Waals surface area (Å²) in [5.74, 6) is 0.222. The third-order valence-electron chi connectivity index (χ3n) is 4.42. The quantitative estimate of drug-likeness (QED) is 0.761. The van der Waals surface area contributed by atoms with Crippen LogP contribution in [0.3, 0.4) is 0 Å². The van der Waals surface area contributed by atoms with Gasteiger partial charge < -0.3 is 24.8 Å². The lowest BCUT2D eigenvalue weighted by Gasteiger charge is -2.28. The maximum Gasteiger partial charge on any atom is 0.338 e. The summed E-state index contributed by atoms with van der Waals surface area (Å²) in [6.07, 6.45) is 1.82. The van der Waals surface area contributed by atoms with Gasteiger partial charge in [0.25, 0.3) is 0 Å². The Kier molecular flexibility index (Phi) is 5.78. The molecule has 1 aromatic carbocycles. The van der Waals surface area contributed by atoms with Crippen molar-refractivity contribution in [3.05, 3.63) is 41.1 Å². The molecule has 26 heavy (non-hydrogen) atoms. The standard InChI is InChI=1S/C19H24N2O5/c1-3-24-14-7-4-6-13(10-14)17-16(12(2)20-19(23)21-17)18(22)26-11-15-8-5-9-25-15/h4,6-7,10,15,17H,3,5,8-9,11H2,1-2H3,(H2,20,21,23). The molecular weight excluding hydrogens is 336 g/mol. The topological polar surface area (TPSA) is 85.9 Å². The molecule has 1 fully saturated rings. The number of hydrogen-bond acceptors (Lipinski definition) is 5. The van der Waals surface area contributed by atoms with Crippen LogP contribution in [0.5, 0.6) is 5.75 Å². The molecule has 1 aromatic rings. The highest BCUT2D eigenvalue weighted by molar-refractivity contribution is 5.95. The molecule has 2 unspecified atom stereocenters. The normalized spacial score (nSPS) is 22.6. The van der Waals surface area contributed by atoms with E-state index in [-0.39, 0.29) is 18.7 Å². The molecule has 0 radical (unpaired) electrons. The molecule has 2 atom stereocenters. The van der Waals surface area contributed by atoms with Crippen LogP contribution in [0.4, 0.5) is 4.79 Å². The Morgan fingerprint density at radius 1 is 1.38 bits per heavy atom. The smallest absolute Gasteiger partial charge is 0.338 e. The van der Waals surface area contributed by atoms with Gasteiger partial charge >= 0.3 is 12.0 Å². The van der Waals surface area contributed by atoms with E-state index in [1.54, 1.807) is 6.92 Å². The van der Waals surface area contributed by atoms with Crippen molar-refractivity contribution in [2.45, 2.75) is 38.8 Å². The second-order valence-electron chi connectivity index (χ2n) is 6.31. The zero-order chi connectivity index (χ0) is 18.5. The van der Waals surface area contributed by atoms with E-state index in [2.05, 4.69) is 10.6 Å². The maximum atomic E-state index is 12.7. The first kappa shape index (κ1) is 18.3. The fourth-order valence-electron chi connectivity index (χ4n) is 3.19. The molecule has 0 saturated carbocycles. The number of rotatable bonds is 6. The molecule has 0 aromatic heterocycles. The molecule has 7 heteroatoms. The molecular formula is C19H24N2O5. The van der Waals surface area contributed by atoms with E-state index >= 15 is 0 Å². The van der Waals surface area contributed by atoms with Crippen LogP contribution < -0.4 is 15.4 Å². The van der Waals surface area contributed by atoms with Crippen LogP contribution in [0.15, 0.2) is 35.5 Å². The van der Waals surface area contributed by atoms with Crippen molar-refractivity contribution in [2.24, 2.45) is 0 Å². The Morgan fingerprint density at radius 3 is 2.96 bits per heavy atom. The SMILES string of the molecule is CCOc1cccc(C2NC(=O)NC(C)=C2C(=O)OCC2CCCO2)c1. The summed E-state index contributed by atoms with van der Waals surface area (Å²) in [5.41, 5.74) is 1.63. The van der Waals surface area contributed by atoms with Crippen LogP contribution in [-0.2, 0) is 14.3 Å². The third kappa shape index (κ3) is 4.16. The van der Waals surface area contributed by atoms with E-state index in [0.717, 1.165) is 18.4 Å². The summed E-state index contributed by atoms with van der Waals surface area (Å²) in [4.78, 5) is 24.7. The molecule has 2 N–H and O–H groups in total. The second kappa shape index (κ2) is 8.23. The minimum atomic E-state index is -0.596. The van der Waals surface area contributed by atoms with Crippen molar-refractivity contribution in [1.82, 2.24) is 10.6 Å². The lowest BCUT2D eigenvalue weighted by atomic mass is 9.95. The predicted molar refractivity (Wildman–Crippen MR) is 94.7 cm³/mol. The number of urea groups is 1. The highest BCUT2D eigenvalue weighted by Gasteiger charge is 2.33. The van der Waals surface area contributed by atoms with Crippen molar-refractivity contribution >= 4 is 12.0 Å². The van der Waals surface area contributed by atoms with Gasteiger partial charge in [-0.15, -0.1) is 0 Å². The Bertz CT molecular complexity index is 710. The number of hydrogen-bond donors (Lipinski definition) is 2. The number of amides is 2. The molecule has 2 heterocycles. The first-order valence-corrected chi connectivity index (χ1v) is 8.88. The van der Waals surface area contributed by atoms with Crippen molar-refractivity contribution < 1.29 is 23.8 Å². The maximum absolute atomic E-state index is 12.7. The van der Waals surface area contributed by atoms with Crippen LogP contribution in [0.1, 0.15) is 38.3 Å². The van der Waals surface area contributed by atoms with Crippen LogP contribution in [0, 0.1) is 0 Å². The minimum absolute atomic E-state index is 0.0503. The van der Waals surface area contributed by atoms with Crippen LogP contribution in [0.2, 0.25) is 0 Å². The molecule has 3 rings (SSSR count). The summed E-state index contributed by atoms with van der Waals surface area (Å²) in [6, 6.07) is 6.38. The van der Waals surface area contributed by atoms with Gasteiger partial charge in [-0.2, -0.15) is 0 Å². The summed E-state index contributed by atoms with van der Waals surface area (Å²) in [5, 5.41) is 5.44. The van der Waals surface area contributed by atoms with E-state index in [1.807, 2.05) is 31.2 Å². The third-order valence-corrected chi connectivity index (χ3v) is 4.42. The minimum Gasteiger partial charge on any atom is -0.494 e. The summed E-state index contributed by atoms with van der Waals surface area (Å²) >= 11 is 0. The number of allylic oxidation sites excluding steroid dienone is 1. The van der Waals surface area contributed by atoms with E-state index in [1.165, 1.54) is 0 Å². The van der Waals surface area contributed by atoms with Crippen LogP contribution in [0.25, 0.3) is 0 Å². The van der Waals surface area contributed by atoms with Crippen molar-refractivity contribution in [1.29, 1.82) is 0 Å². The average Bonchev–Trinajstić information content (AvgIpc) is 3.13. The summed E-state index contributed by atoms with van der Waals surface area (Å²) in [7, 11) is 0. The number of benzene rings is 1. The monoisotopic (exact) mass is 360 g/mol. The van der Waals surface area contributed by atoms with Gasteiger partial charge in [0.05, 0.1) is 24.3 Å². The molecule has 0 aliphatic carbocycles. The van der Waals surface area contributed by atoms with E-state index in [0.29, 0.717) is 30.2 Å². The number of carbonyl (C=O) groups is 2. The number of carbonyl (C=O) groups excluding carboxylic acids is 2. The fourth-order valence-corrected chi connectivity index (χ4v) is 3.19. The zero-order valence-corrected chi connectivity index (χ0v) is 15.0. The number of esters is 1. The predicted octanol–water partition coefficient (Wildman–Crippen LogP) is 2.44. The molecule has 0 spiro atoms. The first-order chi connectivity index (χ1) is 12.6. The molecule has 2 amide bonds. The second-order valence-corrected chi connectivity index (χ2v) is 6.31. The molecule has 2 aliphatic heterocycles. The lowest BCUT2D eigenvalue weighted by molar-refractivity contribution is -0.142. The lowest BCUT2D eigenvalue weighted by Crippen LogP contribution is -2.45.